The molecule has 0 fully saturated rings. The molecular formula is C11H7ClO3. The van der Waals surface area contributed by atoms with Gasteiger partial charge in [0.2, 0.25) is 0 Å². The van der Waals surface area contributed by atoms with Crippen LogP contribution >= 0.6 is 11.6 Å². The van der Waals surface area contributed by atoms with Crippen LogP contribution in [0.15, 0.2) is 30.3 Å². The van der Waals surface area contributed by atoms with Crippen molar-refractivity contribution in [3.8, 4) is 5.75 Å². The van der Waals surface area contributed by atoms with Gasteiger partial charge in [0.05, 0.1) is 5.02 Å². The van der Waals surface area contributed by atoms with Crippen molar-refractivity contribution in [2.45, 2.75) is 0 Å². The lowest BCUT2D eigenvalue weighted by atomic mass is 10.1. The summed E-state index contributed by atoms with van der Waals surface area (Å²) in [4.78, 5) is 10.8. The number of hydrogen-bond acceptors (Lipinski definition) is 2. The molecule has 0 aliphatic heterocycles. The highest BCUT2D eigenvalue weighted by Gasteiger charge is 2.15. The van der Waals surface area contributed by atoms with E-state index in [0.29, 0.717) is 10.8 Å². The highest BCUT2D eigenvalue weighted by molar-refractivity contribution is 6.37. The lowest BCUT2D eigenvalue weighted by Gasteiger charge is -2.06. The van der Waals surface area contributed by atoms with Crippen LogP contribution in [0.1, 0.15) is 10.4 Å². The predicted molar refractivity (Wildman–Crippen MR) is 57.6 cm³/mol. The average Bonchev–Trinajstić information content (AvgIpc) is 2.23. The zero-order chi connectivity index (χ0) is 11.0. The smallest absolute Gasteiger partial charge is 0.339 e. The Balaban J connectivity index is 2.88. The Morgan fingerprint density at radius 1 is 1.27 bits per heavy atom. The summed E-state index contributed by atoms with van der Waals surface area (Å²) in [5.41, 5.74) is -0.182. The molecule has 0 saturated heterocycles. The fourth-order valence-corrected chi connectivity index (χ4v) is 1.73. The van der Waals surface area contributed by atoms with E-state index in [0.717, 1.165) is 0 Å². The molecule has 3 nitrogen and oxygen atoms in total. The maximum atomic E-state index is 10.8. The fraction of sp³-hybridized carbons (Fsp3) is 0. The van der Waals surface area contributed by atoms with Crippen LogP contribution in [0.5, 0.6) is 5.75 Å². The lowest BCUT2D eigenvalue weighted by Crippen LogP contribution is -1.97. The topological polar surface area (TPSA) is 57.5 Å². The van der Waals surface area contributed by atoms with Gasteiger partial charge < -0.3 is 10.2 Å². The van der Waals surface area contributed by atoms with Crippen LogP contribution in [0.3, 0.4) is 0 Å². The first kappa shape index (κ1) is 9.80. The Hall–Kier alpha value is -1.74. The number of halogens is 1. The maximum absolute atomic E-state index is 10.8. The fourth-order valence-electron chi connectivity index (χ4n) is 1.46. The van der Waals surface area contributed by atoms with E-state index in [9.17, 15) is 9.90 Å². The van der Waals surface area contributed by atoms with Crippen molar-refractivity contribution in [2.24, 2.45) is 0 Å². The van der Waals surface area contributed by atoms with E-state index < -0.39 is 5.97 Å². The predicted octanol–water partition coefficient (Wildman–Crippen LogP) is 2.90. The van der Waals surface area contributed by atoms with Crippen LogP contribution in [0.4, 0.5) is 0 Å². The molecule has 0 unspecified atom stereocenters. The third-order valence-electron chi connectivity index (χ3n) is 2.19. The van der Waals surface area contributed by atoms with Gasteiger partial charge in [0.25, 0.3) is 0 Å². The van der Waals surface area contributed by atoms with Crippen LogP contribution in [0.2, 0.25) is 5.02 Å². The van der Waals surface area contributed by atoms with E-state index in [1.54, 1.807) is 24.3 Å². The number of aromatic hydroxyl groups is 1. The van der Waals surface area contributed by atoms with Crippen LogP contribution in [-0.2, 0) is 0 Å². The van der Waals surface area contributed by atoms with Crippen LogP contribution in [-0.4, -0.2) is 16.2 Å². The Kier molecular flexibility index (Phi) is 2.25. The number of aromatic carboxylic acids is 1. The molecule has 2 aromatic carbocycles. The number of benzene rings is 2. The summed E-state index contributed by atoms with van der Waals surface area (Å²) in [6.45, 7) is 0. The maximum Gasteiger partial charge on any atom is 0.339 e. The molecule has 4 heteroatoms. The number of carboxylic acid groups (broad SMARTS) is 1. The molecule has 0 amide bonds. The molecule has 2 rings (SSSR count). The van der Waals surface area contributed by atoms with Gasteiger partial charge in [0, 0.05) is 5.39 Å². The van der Waals surface area contributed by atoms with Gasteiger partial charge in [-0.1, -0.05) is 35.9 Å². The van der Waals surface area contributed by atoms with Crippen molar-refractivity contribution in [1.29, 1.82) is 0 Å². The number of phenols is 1. The molecule has 0 radical (unpaired) electrons. The molecule has 0 saturated carbocycles. The first-order valence-electron chi connectivity index (χ1n) is 4.25. The standard InChI is InChI=1S/C11H7ClO3/c12-9-7-4-2-1-3-6(7)5-8(10(9)13)11(14)15/h1-5,13H,(H,14,15). The zero-order valence-corrected chi connectivity index (χ0v) is 8.32. The first-order valence-corrected chi connectivity index (χ1v) is 4.62. The van der Waals surface area contributed by atoms with Gasteiger partial charge >= 0.3 is 5.97 Å². The van der Waals surface area contributed by atoms with Gasteiger partial charge in [-0.2, -0.15) is 0 Å². The van der Waals surface area contributed by atoms with Gasteiger partial charge in [-0.05, 0) is 11.5 Å². The number of hydrogen-bond donors (Lipinski definition) is 2. The Bertz CT molecular complexity index is 549. The summed E-state index contributed by atoms with van der Waals surface area (Å²) < 4.78 is 0. The molecule has 2 N–H and O–H groups in total. The summed E-state index contributed by atoms with van der Waals surface area (Å²) >= 11 is 5.86. The van der Waals surface area contributed by atoms with Gasteiger partial charge in [-0.15, -0.1) is 0 Å². The third-order valence-corrected chi connectivity index (χ3v) is 2.57. The zero-order valence-electron chi connectivity index (χ0n) is 7.57. The van der Waals surface area contributed by atoms with Crippen molar-refractivity contribution >= 4 is 28.3 Å². The molecule has 15 heavy (non-hydrogen) atoms. The van der Waals surface area contributed by atoms with Gasteiger partial charge in [0.15, 0.2) is 0 Å². The summed E-state index contributed by atoms with van der Waals surface area (Å²) in [7, 11) is 0. The van der Waals surface area contributed by atoms with Crippen molar-refractivity contribution < 1.29 is 15.0 Å². The largest absolute Gasteiger partial charge is 0.505 e. The van der Waals surface area contributed by atoms with Crippen molar-refractivity contribution in [2.75, 3.05) is 0 Å². The van der Waals surface area contributed by atoms with Crippen LogP contribution in [0.25, 0.3) is 10.8 Å². The van der Waals surface area contributed by atoms with Crippen molar-refractivity contribution in [3.05, 3.63) is 40.9 Å². The first-order chi connectivity index (χ1) is 7.11. The average molecular weight is 223 g/mol. The molecule has 2 aromatic rings. The van der Waals surface area contributed by atoms with E-state index in [1.807, 2.05) is 0 Å². The summed E-state index contributed by atoms with van der Waals surface area (Å²) in [5, 5.41) is 19.8. The number of rotatable bonds is 1. The second-order valence-corrected chi connectivity index (χ2v) is 3.49. The quantitative estimate of drug-likeness (QED) is 0.780. The minimum absolute atomic E-state index is 0.0745. The van der Waals surface area contributed by atoms with E-state index in [2.05, 4.69) is 0 Å². The number of carboxylic acids is 1. The third kappa shape index (κ3) is 1.51. The van der Waals surface area contributed by atoms with E-state index >= 15 is 0 Å². The number of fused-ring (bicyclic) bond motifs is 1. The molecular weight excluding hydrogens is 216 g/mol. The molecule has 0 aliphatic rings. The van der Waals surface area contributed by atoms with Gasteiger partial charge in [-0.25, -0.2) is 4.79 Å². The molecule has 0 heterocycles. The summed E-state index contributed by atoms with van der Waals surface area (Å²) in [6, 6.07) is 8.42. The van der Waals surface area contributed by atoms with Crippen LogP contribution in [0, 0.1) is 0 Å². The van der Waals surface area contributed by atoms with E-state index in [1.165, 1.54) is 6.07 Å². The minimum Gasteiger partial charge on any atom is -0.505 e. The van der Waals surface area contributed by atoms with Gasteiger partial charge in [-0.3, -0.25) is 0 Å². The number of carbonyl (C=O) groups is 1. The monoisotopic (exact) mass is 222 g/mol. The lowest BCUT2D eigenvalue weighted by molar-refractivity contribution is 0.0694. The molecule has 0 bridgehead atoms. The van der Waals surface area contributed by atoms with E-state index in [-0.39, 0.29) is 16.3 Å². The van der Waals surface area contributed by atoms with Crippen LogP contribution < -0.4 is 0 Å². The summed E-state index contributed by atoms with van der Waals surface area (Å²) in [5.74, 6) is -1.58. The molecule has 0 aliphatic carbocycles. The Morgan fingerprint density at radius 2 is 1.93 bits per heavy atom. The normalized spacial score (nSPS) is 10.5. The second-order valence-electron chi connectivity index (χ2n) is 3.11. The molecule has 0 aromatic heterocycles. The molecule has 76 valence electrons. The van der Waals surface area contributed by atoms with Gasteiger partial charge in [0.1, 0.15) is 11.3 Å². The Morgan fingerprint density at radius 3 is 2.60 bits per heavy atom. The molecule has 0 atom stereocenters. The van der Waals surface area contributed by atoms with Crippen molar-refractivity contribution in [1.82, 2.24) is 0 Å². The summed E-state index contributed by atoms with van der Waals surface area (Å²) in [6.07, 6.45) is 0. The highest BCUT2D eigenvalue weighted by atomic mass is 35.5. The second kappa shape index (κ2) is 3.44. The Labute approximate surface area is 90.5 Å². The minimum atomic E-state index is -1.19. The highest BCUT2D eigenvalue weighted by Crippen LogP contribution is 2.35. The SMILES string of the molecule is O=C(O)c1cc2ccccc2c(Cl)c1O. The van der Waals surface area contributed by atoms with Crippen molar-refractivity contribution in [3.63, 3.8) is 0 Å². The van der Waals surface area contributed by atoms with E-state index in [4.69, 9.17) is 16.7 Å². The molecule has 0 spiro atoms.